The van der Waals surface area contributed by atoms with Gasteiger partial charge in [-0.05, 0) is 24.0 Å². The molecular weight excluding hydrogens is 384 g/mol. The third-order valence-electron chi connectivity index (χ3n) is 5.21. The van der Waals surface area contributed by atoms with Crippen LogP contribution in [0.1, 0.15) is 29.9 Å². The van der Waals surface area contributed by atoms with Gasteiger partial charge in [-0.1, -0.05) is 60.7 Å². The Bertz CT molecular complexity index is 846. The van der Waals surface area contributed by atoms with Crippen LogP contribution in [-0.4, -0.2) is 57.7 Å². The van der Waals surface area contributed by atoms with Crippen LogP contribution in [0.25, 0.3) is 0 Å². The molecule has 1 aliphatic rings. The molecule has 156 valence electrons. The average Bonchev–Trinajstić information content (AvgIpc) is 3.09. The van der Waals surface area contributed by atoms with Gasteiger partial charge in [-0.2, -0.15) is 0 Å². The van der Waals surface area contributed by atoms with Gasteiger partial charge in [0.2, 0.25) is 10.0 Å². The van der Waals surface area contributed by atoms with Crippen LogP contribution in [0.5, 0.6) is 0 Å². The molecule has 0 unspecified atom stereocenters. The van der Waals surface area contributed by atoms with Gasteiger partial charge in [-0.15, -0.1) is 0 Å². The summed E-state index contributed by atoms with van der Waals surface area (Å²) in [6.45, 7) is 2.39. The number of guanidine groups is 1. The minimum atomic E-state index is -3.05. The fourth-order valence-corrected chi connectivity index (χ4v) is 5.22. The Morgan fingerprint density at radius 1 is 1.00 bits per heavy atom. The standard InChI is InChI=1S/C22H30N4O2S/c1-23-22(25-15-17-26-16-8-18-29(26,27)28)24-14-13-21(19-9-4-2-5-10-19)20-11-6-3-7-12-20/h2-7,9-12,21H,8,13-18H2,1H3,(H2,23,24,25). The van der Waals surface area contributed by atoms with Crippen molar-refractivity contribution in [1.82, 2.24) is 14.9 Å². The van der Waals surface area contributed by atoms with E-state index in [2.05, 4.69) is 64.2 Å². The van der Waals surface area contributed by atoms with E-state index in [1.807, 2.05) is 12.1 Å². The van der Waals surface area contributed by atoms with Gasteiger partial charge >= 0.3 is 0 Å². The van der Waals surface area contributed by atoms with E-state index in [-0.39, 0.29) is 5.75 Å². The van der Waals surface area contributed by atoms with Crippen molar-refractivity contribution in [2.45, 2.75) is 18.8 Å². The van der Waals surface area contributed by atoms with Gasteiger partial charge < -0.3 is 10.6 Å². The number of aliphatic imine (C=N–C) groups is 1. The van der Waals surface area contributed by atoms with Crippen LogP contribution < -0.4 is 10.6 Å². The Balaban J connectivity index is 1.51. The van der Waals surface area contributed by atoms with E-state index in [1.54, 1.807) is 11.4 Å². The quantitative estimate of drug-likeness (QED) is 0.514. The van der Waals surface area contributed by atoms with Crippen molar-refractivity contribution in [2.75, 3.05) is 39.0 Å². The fraction of sp³-hybridized carbons (Fsp3) is 0.409. The first kappa shape index (κ1) is 21.3. The normalized spacial score (nSPS) is 16.8. The van der Waals surface area contributed by atoms with Crippen molar-refractivity contribution in [3.8, 4) is 0 Å². The maximum atomic E-state index is 11.9. The molecule has 0 aliphatic carbocycles. The zero-order valence-corrected chi connectivity index (χ0v) is 17.7. The van der Waals surface area contributed by atoms with Crippen LogP contribution in [0.4, 0.5) is 0 Å². The van der Waals surface area contributed by atoms with Gasteiger partial charge in [-0.3, -0.25) is 4.99 Å². The van der Waals surface area contributed by atoms with Crippen LogP contribution in [0.15, 0.2) is 65.7 Å². The molecule has 0 saturated carbocycles. The van der Waals surface area contributed by atoms with Crippen molar-refractivity contribution < 1.29 is 8.42 Å². The first-order valence-electron chi connectivity index (χ1n) is 10.1. The van der Waals surface area contributed by atoms with Crippen molar-refractivity contribution >= 4 is 16.0 Å². The summed E-state index contributed by atoms with van der Waals surface area (Å²) in [4.78, 5) is 4.26. The van der Waals surface area contributed by atoms with E-state index in [9.17, 15) is 8.42 Å². The number of rotatable bonds is 8. The second-order valence-corrected chi connectivity index (χ2v) is 9.25. The Morgan fingerprint density at radius 2 is 1.59 bits per heavy atom. The SMILES string of the molecule is CN=C(NCCC(c1ccccc1)c1ccccc1)NCCN1CCCS1(=O)=O. The number of nitrogens with one attached hydrogen (secondary N) is 2. The second-order valence-electron chi connectivity index (χ2n) is 7.16. The van der Waals surface area contributed by atoms with Crippen molar-refractivity contribution in [3.63, 3.8) is 0 Å². The molecule has 7 heteroatoms. The lowest BCUT2D eigenvalue weighted by Crippen LogP contribution is -2.42. The Kier molecular flexibility index (Phi) is 7.66. The van der Waals surface area contributed by atoms with E-state index >= 15 is 0 Å². The van der Waals surface area contributed by atoms with Gasteiger partial charge in [0, 0.05) is 39.1 Å². The van der Waals surface area contributed by atoms with Gasteiger partial charge in [0.25, 0.3) is 0 Å². The van der Waals surface area contributed by atoms with Crippen molar-refractivity contribution in [2.24, 2.45) is 4.99 Å². The van der Waals surface area contributed by atoms with Crippen LogP contribution in [0, 0.1) is 0 Å². The smallest absolute Gasteiger partial charge is 0.214 e. The second kappa shape index (κ2) is 10.4. The zero-order valence-electron chi connectivity index (χ0n) is 16.9. The molecule has 1 saturated heterocycles. The summed E-state index contributed by atoms with van der Waals surface area (Å²) in [5, 5.41) is 6.58. The highest BCUT2D eigenvalue weighted by Crippen LogP contribution is 2.27. The predicted molar refractivity (Wildman–Crippen MR) is 119 cm³/mol. The van der Waals surface area contributed by atoms with Gasteiger partial charge in [-0.25, -0.2) is 12.7 Å². The van der Waals surface area contributed by atoms with Crippen LogP contribution in [0.2, 0.25) is 0 Å². The summed E-state index contributed by atoms with van der Waals surface area (Å²) < 4.78 is 25.3. The average molecular weight is 415 g/mol. The van der Waals surface area contributed by atoms with E-state index < -0.39 is 10.0 Å². The molecule has 6 nitrogen and oxygen atoms in total. The molecule has 1 fully saturated rings. The summed E-state index contributed by atoms with van der Waals surface area (Å²) in [6, 6.07) is 21.0. The minimum Gasteiger partial charge on any atom is -0.356 e. The maximum Gasteiger partial charge on any atom is 0.214 e. The first-order chi connectivity index (χ1) is 14.1. The predicted octanol–water partition coefficient (Wildman–Crippen LogP) is 2.41. The summed E-state index contributed by atoms with van der Waals surface area (Å²) in [6.07, 6.45) is 1.64. The number of sulfonamides is 1. The molecule has 1 heterocycles. The molecule has 0 aromatic heterocycles. The molecule has 0 amide bonds. The molecule has 0 spiro atoms. The van der Waals surface area contributed by atoms with E-state index in [0.29, 0.717) is 31.5 Å². The molecule has 2 N–H and O–H groups in total. The molecule has 1 aliphatic heterocycles. The molecular formula is C22H30N4O2S. The molecule has 0 radical (unpaired) electrons. The van der Waals surface area contributed by atoms with E-state index in [0.717, 1.165) is 19.4 Å². The van der Waals surface area contributed by atoms with Crippen molar-refractivity contribution in [3.05, 3.63) is 71.8 Å². The summed E-state index contributed by atoms with van der Waals surface area (Å²) in [5.41, 5.74) is 2.59. The lowest BCUT2D eigenvalue weighted by Gasteiger charge is -2.20. The lowest BCUT2D eigenvalue weighted by atomic mass is 9.88. The topological polar surface area (TPSA) is 73.8 Å². The van der Waals surface area contributed by atoms with Crippen LogP contribution in [0.3, 0.4) is 0 Å². The first-order valence-corrected chi connectivity index (χ1v) is 11.7. The van der Waals surface area contributed by atoms with Gasteiger partial charge in [0.05, 0.1) is 5.75 Å². The Morgan fingerprint density at radius 3 is 2.10 bits per heavy atom. The largest absolute Gasteiger partial charge is 0.356 e. The Hall–Kier alpha value is -2.38. The maximum absolute atomic E-state index is 11.9. The summed E-state index contributed by atoms with van der Waals surface area (Å²) >= 11 is 0. The number of hydrogen-bond donors (Lipinski definition) is 2. The molecule has 3 rings (SSSR count). The molecule has 0 bridgehead atoms. The van der Waals surface area contributed by atoms with E-state index in [4.69, 9.17) is 0 Å². The number of hydrogen-bond acceptors (Lipinski definition) is 3. The highest BCUT2D eigenvalue weighted by molar-refractivity contribution is 7.89. The highest BCUT2D eigenvalue weighted by atomic mass is 32.2. The van der Waals surface area contributed by atoms with E-state index in [1.165, 1.54) is 11.1 Å². The number of nitrogens with zero attached hydrogens (tertiary/aromatic N) is 2. The summed E-state index contributed by atoms with van der Waals surface area (Å²) in [7, 11) is -1.32. The van der Waals surface area contributed by atoms with Crippen molar-refractivity contribution in [1.29, 1.82) is 0 Å². The fourth-order valence-electron chi connectivity index (χ4n) is 3.69. The van der Waals surface area contributed by atoms with Crippen LogP contribution >= 0.6 is 0 Å². The summed E-state index contributed by atoms with van der Waals surface area (Å²) in [5.74, 6) is 1.26. The number of benzene rings is 2. The third-order valence-corrected chi connectivity index (χ3v) is 7.17. The molecule has 2 aromatic rings. The van der Waals surface area contributed by atoms with Gasteiger partial charge in [0.1, 0.15) is 0 Å². The van der Waals surface area contributed by atoms with Crippen LogP contribution in [-0.2, 0) is 10.0 Å². The molecule has 2 aromatic carbocycles. The monoisotopic (exact) mass is 414 g/mol. The third kappa shape index (κ3) is 6.05. The lowest BCUT2D eigenvalue weighted by molar-refractivity contribution is 0.445. The van der Waals surface area contributed by atoms with Gasteiger partial charge in [0.15, 0.2) is 5.96 Å². The molecule has 0 atom stereocenters. The molecule has 29 heavy (non-hydrogen) atoms. The minimum absolute atomic E-state index is 0.264. The zero-order chi connectivity index (χ0) is 20.5. The highest BCUT2D eigenvalue weighted by Gasteiger charge is 2.27. The Labute approximate surface area is 174 Å².